The third kappa shape index (κ3) is 3.49. The maximum Gasteiger partial charge on any atom is 0.320 e. The standard InChI is InChI=1S/C23H27N3O2/c1-17-9-3-5-11-19(17)24-22(28)25-23(14-7-2-8-15-23)21(27)26-16-13-18-10-4-6-12-20(18)26/h3-6,9-12H,2,7-8,13-16H2,1H3,(H2,24,25,28). The largest absolute Gasteiger partial charge is 0.323 e. The highest BCUT2D eigenvalue weighted by atomic mass is 16.2. The number of hydrogen-bond donors (Lipinski definition) is 2. The summed E-state index contributed by atoms with van der Waals surface area (Å²) in [6.07, 6.45) is 5.25. The normalized spacial score (nSPS) is 17.7. The van der Waals surface area contributed by atoms with Gasteiger partial charge in [0.1, 0.15) is 5.54 Å². The molecule has 0 bridgehead atoms. The van der Waals surface area contributed by atoms with Gasteiger partial charge in [0.25, 0.3) is 5.91 Å². The summed E-state index contributed by atoms with van der Waals surface area (Å²) in [7, 11) is 0. The Hall–Kier alpha value is -2.82. The van der Waals surface area contributed by atoms with Crippen LogP contribution in [0.25, 0.3) is 0 Å². The molecule has 5 nitrogen and oxygen atoms in total. The van der Waals surface area contributed by atoms with Crippen LogP contribution in [0.2, 0.25) is 0 Å². The molecule has 2 aromatic carbocycles. The number of fused-ring (bicyclic) bond motifs is 1. The van der Waals surface area contributed by atoms with E-state index < -0.39 is 5.54 Å². The first kappa shape index (κ1) is 18.5. The lowest BCUT2D eigenvalue weighted by atomic mass is 9.80. The Kier molecular flexibility index (Phi) is 5.07. The Labute approximate surface area is 166 Å². The van der Waals surface area contributed by atoms with Crippen LogP contribution in [0.5, 0.6) is 0 Å². The summed E-state index contributed by atoms with van der Waals surface area (Å²) in [6, 6.07) is 15.4. The van der Waals surface area contributed by atoms with E-state index in [-0.39, 0.29) is 11.9 Å². The van der Waals surface area contributed by atoms with Gasteiger partial charge in [0.2, 0.25) is 0 Å². The number of urea groups is 1. The number of carbonyl (C=O) groups excluding carboxylic acids is 2. The molecule has 4 rings (SSSR count). The molecular formula is C23H27N3O2. The van der Waals surface area contributed by atoms with Gasteiger partial charge in [-0.25, -0.2) is 4.79 Å². The van der Waals surface area contributed by atoms with Crippen molar-refractivity contribution in [2.24, 2.45) is 0 Å². The Morgan fingerprint density at radius 2 is 1.68 bits per heavy atom. The van der Waals surface area contributed by atoms with Crippen molar-refractivity contribution in [1.29, 1.82) is 0 Å². The number of anilines is 2. The average Bonchev–Trinajstić information content (AvgIpc) is 3.14. The van der Waals surface area contributed by atoms with Crippen molar-refractivity contribution >= 4 is 23.3 Å². The molecule has 3 amide bonds. The van der Waals surface area contributed by atoms with Crippen LogP contribution >= 0.6 is 0 Å². The van der Waals surface area contributed by atoms with Crippen molar-refractivity contribution in [3.8, 4) is 0 Å². The molecule has 0 radical (unpaired) electrons. The summed E-state index contributed by atoms with van der Waals surface area (Å²) < 4.78 is 0. The lowest BCUT2D eigenvalue weighted by Gasteiger charge is -2.39. The van der Waals surface area contributed by atoms with Crippen molar-refractivity contribution in [3.63, 3.8) is 0 Å². The van der Waals surface area contributed by atoms with E-state index in [9.17, 15) is 9.59 Å². The van der Waals surface area contributed by atoms with Crippen molar-refractivity contribution in [1.82, 2.24) is 5.32 Å². The van der Waals surface area contributed by atoms with E-state index in [0.29, 0.717) is 19.4 Å². The Morgan fingerprint density at radius 3 is 2.46 bits per heavy atom. The second kappa shape index (κ2) is 7.66. The maximum atomic E-state index is 13.6. The second-order valence-corrected chi connectivity index (χ2v) is 7.87. The molecule has 5 heteroatoms. The third-order valence-electron chi connectivity index (χ3n) is 5.99. The summed E-state index contributed by atoms with van der Waals surface area (Å²) >= 11 is 0. The van der Waals surface area contributed by atoms with E-state index in [1.807, 2.05) is 54.3 Å². The first-order valence-electron chi connectivity index (χ1n) is 10.1. The van der Waals surface area contributed by atoms with Gasteiger partial charge in [0, 0.05) is 17.9 Å². The predicted octanol–water partition coefficient (Wildman–Crippen LogP) is 4.41. The maximum absolute atomic E-state index is 13.6. The predicted molar refractivity (Wildman–Crippen MR) is 112 cm³/mol. The van der Waals surface area contributed by atoms with Gasteiger partial charge in [-0.1, -0.05) is 55.7 Å². The monoisotopic (exact) mass is 377 g/mol. The van der Waals surface area contributed by atoms with Gasteiger partial charge in [-0.05, 0) is 49.4 Å². The molecule has 1 aliphatic heterocycles. The van der Waals surface area contributed by atoms with Gasteiger partial charge < -0.3 is 15.5 Å². The molecule has 2 N–H and O–H groups in total. The van der Waals surface area contributed by atoms with Gasteiger partial charge in [-0.2, -0.15) is 0 Å². The molecular weight excluding hydrogens is 350 g/mol. The molecule has 2 aliphatic rings. The van der Waals surface area contributed by atoms with Crippen molar-refractivity contribution in [2.45, 2.75) is 51.0 Å². The number of nitrogens with zero attached hydrogens (tertiary/aromatic N) is 1. The minimum absolute atomic E-state index is 0.0251. The van der Waals surface area contributed by atoms with Crippen molar-refractivity contribution in [2.75, 3.05) is 16.8 Å². The molecule has 0 saturated heterocycles. The third-order valence-corrected chi connectivity index (χ3v) is 5.99. The number of benzene rings is 2. The summed E-state index contributed by atoms with van der Waals surface area (Å²) in [4.78, 5) is 28.3. The van der Waals surface area contributed by atoms with Gasteiger partial charge in [0.15, 0.2) is 0 Å². The van der Waals surface area contributed by atoms with E-state index in [2.05, 4.69) is 16.7 Å². The van der Waals surface area contributed by atoms with E-state index in [4.69, 9.17) is 0 Å². The topological polar surface area (TPSA) is 61.4 Å². The van der Waals surface area contributed by atoms with Crippen LogP contribution in [-0.2, 0) is 11.2 Å². The Balaban J connectivity index is 1.56. The lowest BCUT2D eigenvalue weighted by molar-refractivity contribution is -0.125. The Morgan fingerprint density at radius 1 is 0.964 bits per heavy atom. The van der Waals surface area contributed by atoms with E-state index in [1.54, 1.807) is 0 Å². The average molecular weight is 377 g/mol. The quantitative estimate of drug-likeness (QED) is 0.832. The number of amides is 3. The summed E-state index contributed by atoms with van der Waals surface area (Å²) in [5.41, 5.74) is 3.12. The van der Waals surface area contributed by atoms with E-state index in [1.165, 1.54) is 5.56 Å². The number of rotatable bonds is 3. The van der Waals surface area contributed by atoms with Gasteiger partial charge >= 0.3 is 6.03 Å². The first-order valence-corrected chi connectivity index (χ1v) is 10.1. The van der Waals surface area contributed by atoms with Gasteiger partial charge in [-0.3, -0.25) is 4.79 Å². The Bertz CT molecular complexity index is 887. The zero-order chi connectivity index (χ0) is 19.6. The molecule has 1 aliphatic carbocycles. The number of aryl methyl sites for hydroxylation is 1. The molecule has 28 heavy (non-hydrogen) atoms. The number of carbonyl (C=O) groups is 2. The minimum Gasteiger partial charge on any atom is -0.323 e. The number of para-hydroxylation sites is 2. The summed E-state index contributed by atoms with van der Waals surface area (Å²) in [5.74, 6) is 0.0251. The van der Waals surface area contributed by atoms with Crippen LogP contribution in [0.1, 0.15) is 43.2 Å². The van der Waals surface area contributed by atoms with Crippen LogP contribution in [0, 0.1) is 6.92 Å². The molecule has 1 heterocycles. The van der Waals surface area contributed by atoms with Crippen LogP contribution in [0.4, 0.5) is 16.2 Å². The van der Waals surface area contributed by atoms with E-state index >= 15 is 0 Å². The second-order valence-electron chi connectivity index (χ2n) is 7.87. The highest BCUT2D eigenvalue weighted by molar-refractivity contribution is 6.05. The fourth-order valence-corrected chi connectivity index (χ4v) is 4.44. The van der Waals surface area contributed by atoms with Crippen molar-refractivity contribution < 1.29 is 9.59 Å². The highest BCUT2D eigenvalue weighted by Gasteiger charge is 2.45. The molecule has 0 aromatic heterocycles. The number of hydrogen-bond acceptors (Lipinski definition) is 2. The fourth-order valence-electron chi connectivity index (χ4n) is 4.44. The molecule has 1 fully saturated rings. The zero-order valence-corrected chi connectivity index (χ0v) is 16.3. The smallest absolute Gasteiger partial charge is 0.320 e. The molecule has 0 unspecified atom stereocenters. The van der Waals surface area contributed by atoms with Gasteiger partial charge in [-0.15, -0.1) is 0 Å². The fraction of sp³-hybridized carbons (Fsp3) is 0.391. The van der Waals surface area contributed by atoms with Crippen LogP contribution in [-0.4, -0.2) is 24.0 Å². The SMILES string of the molecule is Cc1ccccc1NC(=O)NC1(C(=O)N2CCc3ccccc32)CCCCC1. The molecule has 2 aromatic rings. The number of nitrogens with one attached hydrogen (secondary N) is 2. The van der Waals surface area contributed by atoms with Crippen LogP contribution in [0.3, 0.4) is 0 Å². The van der Waals surface area contributed by atoms with Gasteiger partial charge in [0.05, 0.1) is 0 Å². The van der Waals surface area contributed by atoms with Crippen molar-refractivity contribution in [3.05, 3.63) is 59.7 Å². The summed E-state index contributed by atoms with van der Waals surface area (Å²) in [6.45, 7) is 2.64. The lowest BCUT2D eigenvalue weighted by Crippen LogP contribution is -2.61. The molecule has 1 saturated carbocycles. The van der Waals surface area contributed by atoms with Crippen LogP contribution in [0.15, 0.2) is 48.5 Å². The molecule has 146 valence electrons. The minimum atomic E-state index is -0.831. The summed E-state index contributed by atoms with van der Waals surface area (Å²) in [5, 5.41) is 6.00. The zero-order valence-electron chi connectivity index (χ0n) is 16.3. The molecule has 0 atom stereocenters. The van der Waals surface area contributed by atoms with E-state index in [0.717, 1.165) is 42.6 Å². The molecule has 0 spiro atoms. The first-order chi connectivity index (χ1) is 13.6. The highest BCUT2D eigenvalue weighted by Crippen LogP contribution is 2.35. The van der Waals surface area contributed by atoms with Crippen LogP contribution < -0.4 is 15.5 Å².